The molecule has 0 amide bonds. The molecule has 0 aliphatic rings. The van der Waals surface area contributed by atoms with Crippen LogP contribution in [0.4, 0.5) is 0 Å². The van der Waals surface area contributed by atoms with Crippen LogP contribution < -0.4 is 4.74 Å². The van der Waals surface area contributed by atoms with Crippen molar-refractivity contribution in [2.24, 2.45) is 0 Å². The number of halogens is 1. The van der Waals surface area contributed by atoms with Crippen molar-refractivity contribution in [3.8, 4) is 11.5 Å². The molecule has 0 bridgehead atoms. The van der Waals surface area contributed by atoms with Gasteiger partial charge in [0.05, 0.1) is 12.1 Å². The molecular weight excluding hydrogens is 188 g/mol. The lowest BCUT2D eigenvalue weighted by atomic mass is 10.2. The minimum atomic E-state index is -0.0141. The Morgan fingerprint density at radius 1 is 1.46 bits per heavy atom. The van der Waals surface area contributed by atoms with Crippen molar-refractivity contribution in [2.75, 3.05) is 7.11 Å². The molecule has 3 heteroatoms. The third-order valence-corrected chi connectivity index (χ3v) is 2.07. The van der Waals surface area contributed by atoms with E-state index in [-0.39, 0.29) is 5.75 Å². The van der Waals surface area contributed by atoms with E-state index in [0.29, 0.717) is 10.8 Å². The molecule has 1 aromatic rings. The Bertz CT molecular complexity index is 332. The van der Waals surface area contributed by atoms with Crippen molar-refractivity contribution in [2.45, 2.75) is 6.92 Å². The van der Waals surface area contributed by atoms with Crippen LogP contribution in [0.2, 0.25) is 5.02 Å². The Hall–Kier alpha value is -1.15. The van der Waals surface area contributed by atoms with Gasteiger partial charge in [-0.2, -0.15) is 0 Å². The second-order valence-corrected chi connectivity index (χ2v) is 2.90. The molecule has 0 atom stereocenters. The van der Waals surface area contributed by atoms with E-state index < -0.39 is 0 Å². The quantitative estimate of drug-likeness (QED) is 0.792. The summed E-state index contributed by atoms with van der Waals surface area (Å²) in [4.78, 5) is 0. The summed E-state index contributed by atoms with van der Waals surface area (Å²) in [5.41, 5.74) is 0.780. The molecule has 0 aliphatic heterocycles. The lowest BCUT2D eigenvalue weighted by molar-refractivity contribution is 0.373. The van der Waals surface area contributed by atoms with E-state index in [4.69, 9.17) is 16.3 Å². The number of allylic oxidation sites excluding steroid dienone is 1. The number of phenols is 1. The molecule has 0 saturated carbocycles. The third kappa shape index (κ3) is 1.95. The van der Waals surface area contributed by atoms with Gasteiger partial charge in [-0.1, -0.05) is 23.8 Å². The van der Waals surface area contributed by atoms with Gasteiger partial charge in [-0.15, -0.1) is 0 Å². The first-order valence-electron chi connectivity index (χ1n) is 3.89. The number of rotatable bonds is 2. The van der Waals surface area contributed by atoms with Crippen LogP contribution in [0, 0.1) is 0 Å². The maximum absolute atomic E-state index is 9.51. The van der Waals surface area contributed by atoms with E-state index in [1.807, 2.05) is 19.1 Å². The Labute approximate surface area is 82.4 Å². The predicted octanol–water partition coefficient (Wildman–Crippen LogP) is 3.09. The second-order valence-electron chi connectivity index (χ2n) is 2.52. The van der Waals surface area contributed by atoms with Crippen molar-refractivity contribution >= 4 is 17.7 Å². The Balaban J connectivity index is 3.22. The van der Waals surface area contributed by atoms with E-state index in [2.05, 4.69) is 0 Å². The molecule has 0 heterocycles. The number of aromatic hydroxyl groups is 1. The summed E-state index contributed by atoms with van der Waals surface area (Å²) in [5, 5.41) is 9.83. The summed E-state index contributed by atoms with van der Waals surface area (Å²) in [5.74, 6) is 0.373. The van der Waals surface area contributed by atoms with Gasteiger partial charge < -0.3 is 9.84 Å². The highest BCUT2D eigenvalue weighted by Crippen LogP contribution is 2.36. The van der Waals surface area contributed by atoms with Crippen molar-refractivity contribution in [3.63, 3.8) is 0 Å². The molecule has 0 radical (unpaired) electrons. The monoisotopic (exact) mass is 198 g/mol. The van der Waals surface area contributed by atoms with E-state index in [1.165, 1.54) is 7.11 Å². The number of phenolic OH excluding ortho intramolecular Hbond substituents is 1. The minimum absolute atomic E-state index is 0.0141. The van der Waals surface area contributed by atoms with E-state index >= 15 is 0 Å². The van der Waals surface area contributed by atoms with Gasteiger partial charge in [-0.25, -0.2) is 0 Å². The van der Waals surface area contributed by atoms with Crippen LogP contribution in [0.25, 0.3) is 6.08 Å². The molecule has 0 saturated heterocycles. The first kappa shape index (κ1) is 9.93. The van der Waals surface area contributed by atoms with Crippen LogP contribution in [-0.4, -0.2) is 12.2 Å². The fourth-order valence-corrected chi connectivity index (χ4v) is 1.25. The third-order valence-electron chi connectivity index (χ3n) is 1.68. The molecule has 13 heavy (non-hydrogen) atoms. The first-order chi connectivity index (χ1) is 6.20. The average Bonchev–Trinajstić information content (AvgIpc) is 2.14. The van der Waals surface area contributed by atoms with Crippen molar-refractivity contribution in [1.82, 2.24) is 0 Å². The zero-order valence-electron chi connectivity index (χ0n) is 7.54. The highest BCUT2D eigenvalue weighted by atomic mass is 35.5. The van der Waals surface area contributed by atoms with Gasteiger partial charge >= 0.3 is 0 Å². The van der Waals surface area contributed by atoms with Crippen LogP contribution >= 0.6 is 11.6 Å². The van der Waals surface area contributed by atoms with Crippen LogP contribution in [0.15, 0.2) is 18.2 Å². The summed E-state index contributed by atoms with van der Waals surface area (Å²) in [6, 6.07) is 3.47. The number of hydrogen-bond donors (Lipinski definition) is 1. The van der Waals surface area contributed by atoms with Crippen molar-refractivity contribution < 1.29 is 9.84 Å². The van der Waals surface area contributed by atoms with Gasteiger partial charge in [0.25, 0.3) is 0 Å². The molecule has 0 unspecified atom stereocenters. The van der Waals surface area contributed by atoms with Gasteiger partial charge in [0.15, 0.2) is 11.5 Å². The van der Waals surface area contributed by atoms with Crippen LogP contribution in [0.3, 0.4) is 0 Å². The van der Waals surface area contributed by atoms with Gasteiger partial charge in [0, 0.05) is 0 Å². The molecule has 0 aromatic heterocycles. The van der Waals surface area contributed by atoms with Gasteiger partial charge in [0.2, 0.25) is 0 Å². The molecule has 1 aromatic carbocycles. The van der Waals surface area contributed by atoms with Gasteiger partial charge in [-0.3, -0.25) is 0 Å². The molecule has 2 nitrogen and oxygen atoms in total. The maximum Gasteiger partial charge on any atom is 0.177 e. The molecule has 0 aliphatic carbocycles. The van der Waals surface area contributed by atoms with Gasteiger partial charge in [-0.05, 0) is 24.6 Å². The van der Waals surface area contributed by atoms with E-state index in [1.54, 1.807) is 12.1 Å². The Morgan fingerprint density at radius 2 is 2.15 bits per heavy atom. The number of ether oxygens (including phenoxy) is 1. The highest BCUT2D eigenvalue weighted by molar-refractivity contribution is 6.33. The smallest absolute Gasteiger partial charge is 0.177 e. The fraction of sp³-hybridized carbons (Fsp3) is 0.200. The Morgan fingerprint density at radius 3 is 2.69 bits per heavy atom. The maximum atomic E-state index is 9.51. The lowest BCUT2D eigenvalue weighted by Gasteiger charge is -2.06. The second kappa shape index (κ2) is 4.19. The number of hydrogen-bond acceptors (Lipinski definition) is 2. The highest BCUT2D eigenvalue weighted by Gasteiger charge is 2.08. The standard InChI is InChI=1S/C10H11ClO2/c1-3-4-7-5-6-8(13-2)10(12)9(7)11/h3-6,12H,1-2H3/b4-3+. The Kier molecular flexibility index (Phi) is 3.20. The summed E-state index contributed by atoms with van der Waals surface area (Å²) in [6.45, 7) is 1.89. The molecule has 0 fully saturated rings. The van der Waals surface area contributed by atoms with Crippen LogP contribution in [-0.2, 0) is 0 Å². The molecule has 0 spiro atoms. The van der Waals surface area contributed by atoms with Crippen LogP contribution in [0.1, 0.15) is 12.5 Å². The number of methoxy groups -OCH3 is 1. The normalized spacial score (nSPS) is 10.7. The molecule has 1 N–H and O–H groups in total. The summed E-state index contributed by atoms with van der Waals surface area (Å²) < 4.78 is 4.90. The first-order valence-corrected chi connectivity index (χ1v) is 4.26. The zero-order chi connectivity index (χ0) is 9.84. The fourth-order valence-electron chi connectivity index (χ4n) is 1.04. The molecular formula is C10H11ClO2. The minimum Gasteiger partial charge on any atom is -0.503 e. The van der Waals surface area contributed by atoms with Crippen LogP contribution in [0.5, 0.6) is 11.5 Å². The summed E-state index contributed by atoms with van der Waals surface area (Å²) in [7, 11) is 1.49. The molecule has 70 valence electrons. The summed E-state index contributed by atoms with van der Waals surface area (Å²) in [6.07, 6.45) is 3.68. The van der Waals surface area contributed by atoms with Crippen molar-refractivity contribution in [1.29, 1.82) is 0 Å². The van der Waals surface area contributed by atoms with Crippen molar-refractivity contribution in [3.05, 3.63) is 28.8 Å². The topological polar surface area (TPSA) is 29.5 Å². The van der Waals surface area contributed by atoms with Gasteiger partial charge in [0.1, 0.15) is 0 Å². The predicted molar refractivity (Wildman–Crippen MR) is 54.4 cm³/mol. The molecule has 1 rings (SSSR count). The largest absolute Gasteiger partial charge is 0.503 e. The zero-order valence-corrected chi connectivity index (χ0v) is 8.30. The van der Waals surface area contributed by atoms with E-state index in [0.717, 1.165) is 5.56 Å². The SMILES string of the molecule is C/C=C/c1ccc(OC)c(O)c1Cl. The lowest BCUT2D eigenvalue weighted by Crippen LogP contribution is -1.85. The number of benzene rings is 1. The average molecular weight is 199 g/mol. The summed E-state index contributed by atoms with van der Waals surface area (Å²) >= 11 is 5.87. The van der Waals surface area contributed by atoms with E-state index in [9.17, 15) is 5.11 Å².